The maximum atomic E-state index is 12.4. The molecule has 5 nitrogen and oxygen atoms in total. The predicted octanol–water partition coefficient (Wildman–Crippen LogP) is 3.02. The average molecular weight is 360 g/mol. The monoisotopic (exact) mass is 360 g/mol. The molecule has 2 aliphatic rings. The van der Waals surface area contributed by atoms with Gasteiger partial charge >= 0.3 is 0 Å². The molecule has 1 atom stereocenters. The van der Waals surface area contributed by atoms with Crippen LogP contribution in [0.1, 0.15) is 44.1 Å². The Bertz CT molecular complexity index is 599. The number of likely N-dealkylation sites (tertiary alicyclic amines) is 1. The van der Waals surface area contributed by atoms with Gasteiger partial charge in [-0.1, -0.05) is 25.3 Å². The first-order valence-electron chi connectivity index (χ1n) is 9.91. The van der Waals surface area contributed by atoms with Crippen molar-refractivity contribution in [2.75, 3.05) is 33.9 Å². The molecule has 1 heterocycles. The summed E-state index contributed by atoms with van der Waals surface area (Å²) in [6.45, 7) is 3.11. The lowest BCUT2D eigenvalue weighted by atomic mass is 9.94. The van der Waals surface area contributed by atoms with E-state index >= 15 is 0 Å². The van der Waals surface area contributed by atoms with Crippen molar-refractivity contribution >= 4 is 5.91 Å². The van der Waals surface area contributed by atoms with E-state index in [0.717, 1.165) is 30.4 Å². The second-order valence-corrected chi connectivity index (χ2v) is 7.60. The van der Waals surface area contributed by atoms with Gasteiger partial charge in [-0.15, -0.1) is 0 Å². The molecule has 0 aromatic heterocycles. The number of carbonyl (C=O) groups is 1. The van der Waals surface area contributed by atoms with Gasteiger partial charge in [0.2, 0.25) is 5.91 Å². The van der Waals surface area contributed by atoms with Gasteiger partial charge in [0, 0.05) is 30.8 Å². The van der Waals surface area contributed by atoms with Gasteiger partial charge in [0.1, 0.15) is 11.5 Å². The van der Waals surface area contributed by atoms with E-state index in [1.807, 2.05) is 18.2 Å². The third-order valence-electron chi connectivity index (χ3n) is 5.84. The molecule has 5 heteroatoms. The molecule has 1 aliphatic heterocycles. The summed E-state index contributed by atoms with van der Waals surface area (Å²) >= 11 is 0. The van der Waals surface area contributed by atoms with E-state index in [2.05, 4.69) is 10.2 Å². The highest BCUT2D eigenvalue weighted by molar-refractivity contribution is 5.79. The fourth-order valence-corrected chi connectivity index (χ4v) is 4.30. The Hall–Kier alpha value is -1.75. The van der Waals surface area contributed by atoms with Crippen molar-refractivity contribution in [3.8, 4) is 11.5 Å². The molecule has 2 fully saturated rings. The molecule has 1 saturated heterocycles. The first-order chi connectivity index (χ1) is 12.7. The summed E-state index contributed by atoms with van der Waals surface area (Å²) in [5.74, 6) is 2.08. The van der Waals surface area contributed by atoms with Gasteiger partial charge < -0.3 is 19.7 Å². The lowest BCUT2D eigenvalue weighted by Crippen LogP contribution is -2.36. The van der Waals surface area contributed by atoms with Crippen LogP contribution in [-0.2, 0) is 11.2 Å². The van der Waals surface area contributed by atoms with Crippen molar-refractivity contribution in [1.82, 2.24) is 10.2 Å². The van der Waals surface area contributed by atoms with Crippen LogP contribution in [0, 0.1) is 5.92 Å². The molecule has 3 rings (SSSR count). The second kappa shape index (κ2) is 9.26. The number of rotatable bonds is 7. The number of methoxy groups -OCH3 is 2. The smallest absolute Gasteiger partial charge is 0.224 e. The number of hydrogen-bond donors (Lipinski definition) is 1. The van der Waals surface area contributed by atoms with Crippen LogP contribution >= 0.6 is 0 Å². The van der Waals surface area contributed by atoms with Crippen LogP contribution in [-0.4, -0.2) is 50.7 Å². The quantitative estimate of drug-likeness (QED) is 0.812. The minimum Gasteiger partial charge on any atom is -0.497 e. The number of carbonyl (C=O) groups excluding carboxylic acids is 1. The van der Waals surface area contributed by atoms with E-state index in [9.17, 15) is 4.79 Å². The molecule has 1 aromatic rings. The van der Waals surface area contributed by atoms with Crippen molar-refractivity contribution in [3.63, 3.8) is 0 Å². The summed E-state index contributed by atoms with van der Waals surface area (Å²) < 4.78 is 10.6. The summed E-state index contributed by atoms with van der Waals surface area (Å²) in [6, 6.07) is 6.37. The molecule has 1 N–H and O–H groups in total. The minimum atomic E-state index is 0.0598. The third-order valence-corrected chi connectivity index (χ3v) is 5.84. The van der Waals surface area contributed by atoms with E-state index < -0.39 is 0 Å². The fourth-order valence-electron chi connectivity index (χ4n) is 4.30. The summed E-state index contributed by atoms with van der Waals surface area (Å²) in [5.41, 5.74) is 0.890. The third kappa shape index (κ3) is 4.91. The topological polar surface area (TPSA) is 50.8 Å². The zero-order chi connectivity index (χ0) is 18.4. The van der Waals surface area contributed by atoms with Crippen LogP contribution in [0.2, 0.25) is 0 Å². The number of benzene rings is 1. The predicted molar refractivity (Wildman–Crippen MR) is 103 cm³/mol. The van der Waals surface area contributed by atoms with Crippen LogP contribution in [0.5, 0.6) is 11.5 Å². The van der Waals surface area contributed by atoms with Crippen molar-refractivity contribution < 1.29 is 14.3 Å². The van der Waals surface area contributed by atoms with Gasteiger partial charge in [-0.25, -0.2) is 0 Å². The molecule has 0 bridgehead atoms. The Labute approximate surface area is 157 Å². The molecule has 1 saturated carbocycles. The van der Waals surface area contributed by atoms with Gasteiger partial charge in [0.15, 0.2) is 0 Å². The lowest BCUT2D eigenvalue weighted by molar-refractivity contribution is -0.120. The van der Waals surface area contributed by atoms with Crippen LogP contribution in [0.25, 0.3) is 0 Å². The van der Waals surface area contributed by atoms with Crippen LogP contribution in [0.3, 0.4) is 0 Å². The number of hydrogen-bond acceptors (Lipinski definition) is 4. The number of ether oxygens (including phenoxy) is 2. The lowest BCUT2D eigenvalue weighted by Gasteiger charge is -2.31. The van der Waals surface area contributed by atoms with Gasteiger partial charge in [0.25, 0.3) is 0 Å². The Morgan fingerprint density at radius 1 is 1.15 bits per heavy atom. The molecule has 144 valence electrons. The minimum absolute atomic E-state index is 0.0598. The first-order valence-corrected chi connectivity index (χ1v) is 9.91. The molecule has 0 radical (unpaired) electrons. The molecule has 0 spiro atoms. The largest absolute Gasteiger partial charge is 0.497 e. The molecule has 1 aromatic carbocycles. The summed E-state index contributed by atoms with van der Waals surface area (Å²) in [5, 5.41) is 3.12. The molecular weight excluding hydrogens is 328 g/mol. The number of nitrogens with one attached hydrogen (secondary N) is 1. The van der Waals surface area contributed by atoms with Crippen LogP contribution in [0.4, 0.5) is 0 Å². The van der Waals surface area contributed by atoms with Crippen molar-refractivity contribution in [2.45, 2.75) is 51.0 Å². The van der Waals surface area contributed by atoms with Crippen molar-refractivity contribution in [1.29, 1.82) is 0 Å². The molecule has 26 heavy (non-hydrogen) atoms. The van der Waals surface area contributed by atoms with E-state index in [1.165, 1.54) is 45.1 Å². The zero-order valence-corrected chi connectivity index (χ0v) is 16.1. The van der Waals surface area contributed by atoms with Gasteiger partial charge in [0.05, 0.1) is 20.6 Å². The summed E-state index contributed by atoms with van der Waals surface area (Å²) in [7, 11) is 3.24. The first kappa shape index (κ1) is 19.0. The fraction of sp³-hybridized carbons (Fsp3) is 0.667. The molecule has 1 amide bonds. The van der Waals surface area contributed by atoms with Crippen molar-refractivity contribution in [2.24, 2.45) is 5.92 Å². The van der Waals surface area contributed by atoms with E-state index in [0.29, 0.717) is 18.1 Å². The second-order valence-electron chi connectivity index (χ2n) is 7.60. The Kier molecular flexibility index (Phi) is 6.78. The maximum absolute atomic E-state index is 12.4. The highest BCUT2D eigenvalue weighted by Gasteiger charge is 2.29. The highest BCUT2D eigenvalue weighted by atomic mass is 16.5. The van der Waals surface area contributed by atoms with Crippen molar-refractivity contribution in [3.05, 3.63) is 23.8 Å². The highest BCUT2D eigenvalue weighted by Crippen LogP contribution is 2.28. The standard InChI is InChI=1S/C21H32N2O3/c1-25-19-9-8-17(20(13-19)26-2)12-21(24)22-14-16-10-11-23(15-16)18-6-4-3-5-7-18/h8-9,13,16,18H,3-7,10-12,14-15H2,1-2H3,(H,22,24). The molecule has 1 unspecified atom stereocenters. The Morgan fingerprint density at radius 3 is 2.69 bits per heavy atom. The Balaban J connectivity index is 1.44. The van der Waals surface area contributed by atoms with E-state index in [-0.39, 0.29) is 5.91 Å². The normalized spacial score (nSPS) is 21.5. The SMILES string of the molecule is COc1ccc(CC(=O)NCC2CCN(C3CCCCC3)C2)c(OC)c1. The number of amides is 1. The van der Waals surface area contributed by atoms with Gasteiger partial charge in [-0.2, -0.15) is 0 Å². The summed E-state index contributed by atoms with van der Waals surface area (Å²) in [6.07, 6.45) is 8.42. The van der Waals surface area contributed by atoms with Gasteiger partial charge in [-0.3, -0.25) is 4.79 Å². The Morgan fingerprint density at radius 2 is 1.96 bits per heavy atom. The maximum Gasteiger partial charge on any atom is 0.224 e. The van der Waals surface area contributed by atoms with Crippen LogP contribution < -0.4 is 14.8 Å². The average Bonchev–Trinajstić information content (AvgIpc) is 3.16. The van der Waals surface area contributed by atoms with Crippen LogP contribution in [0.15, 0.2) is 18.2 Å². The zero-order valence-electron chi connectivity index (χ0n) is 16.1. The van der Waals surface area contributed by atoms with Gasteiger partial charge in [-0.05, 0) is 37.8 Å². The molecular formula is C21H32N2O3. The summed E-state index contributed by atoms with van der Waals surface area (Å²) in [4.78, 5) is 15.0. The molecule has 1 aliphatic carbocycles. The number of nitrogens with zero attached hydrogens (tertiary/aromatic N) is 1. The van der Waals surface area contributed by atoms with E-state index in [1.54, 1.807) is 14.2 Å². The van der Waals surface area contributed by atoms with E-state index in [4.69, 9.17) is 9.47 Å².